The van der Waals surface area contributed by atoms with Gasteiger partial charge >= 0.3 is 0 Å². The smallest absolute Gasteiger partial charge is 0.157 e. The lowest BCUT2D eigenvalue weighted by atomic mass is 10.1. The fraction of sp³-hybridized carbons (Fsp3) is 0.182. The molecule has 6 heteroatoms. The van der Waals surface area contributed by atoms with Crippen molar-refractivity contribution in [2.45, 2.75) is 6.54 Å². The van der Waals surface area contributed by atoms with Crippen LogP contribution in [0.15, 0.2) is 27.7 Å². The highest BCUT2D eigenvalue weighted by molar-refractivity contribution is 5.97. The van der Waals surface area contributed by atoms with Crippen LogP contribution in [-0.2, 0) is 6.54 Å². The standard InChI is InChI=1S/C11H9N3O3/c1-16-10-3-2-7-4-8(5-13-14-12)17-11(7)9(10)6-15/h2-4,6H,5H2,1H3. The fourth-order valence-electron chi connectivity index (χ4n) is 1.63. The van der Waals surface area contributed by atoms with Crippen LogP contribution in [0.2, 0.25) is 0 Å². The molecule has 0 aliphatic rings. The minimum Gasteiger partial charge on any atom is -0.496 e. The molecule has 2 aromatic rings. The minimum absolute atomic E-state index is 0.117. The second-order valence-electron chi connectivity index (χ2n) is 3.32. The molecule has 0 saturated heterocycles. The van der Waals surface area contributed by atoms with Gasteiger partial charge in [-0.25, -0.2) is 0 Å². The predicted molar refractivity (Wildman–Crippen MR) is 61.0 cm³/mol. The number of hydrogen-bond donors (Lipinski definition) is 0. The molecule has 0 bridgehead atoms. The molecule has 0 spiro atoms. The average Bonchev–Trinajstić information content (AvgIpc) is 2.77. The van der Waals surface area contributed by atoms with Crippen molar-refractivity contribution in [3.8, 4) is 5.75 Å². The lowest BCUT2D eigenvalue weighted by molar-refractivity contribution is 0.112. The van der Waals surface area contributed by atoms with Gasteiger partial charge in [-0.2, -0.15) is 0 Å². The van der Waals surface area contributed by atoms with Crippen molar-refractivity contribution >= 4 is 17.3 Å². The Kier molecular flexibility index (Phi) is 2.98. The number of fused-ring (bicyclic) bond motifs is 1. The number of aldehydes is 1. The lowest BCUT2D eigenvalue weighted by Gasteiger charge is -2.02. The highest BCUT2D eigenvalue weighted by atomic mass is 16.5. The molecule has 0 amide bonds. The Morgan fingerprint density at radius 1 is 1.59 bits per heavy atom. The number of furan rings is 1. The van der Waals surface area contributed by atoms with Gasteiger partial charge in [0, 0.05) is 10.3 Å². The number of carbonyl (C=O) groups is 1. The SMILES string of the molecule is COc1ccc2cc(CN=[N+]=[N-])oc2c1C=O. The summed E-state index contributed by atoms with van der Waals surface area (Å²) >= 11 is 0. The molecule has 86 valence electrons. The lowest BCUT2D eigenvalue weighted by Crippen LogP contribution is -1.90. The molecule has 17 heavy (non-hydrogen) atoms. The van der Waals surface area contributed by atoms with Crippen LogP contribution in [0, 0.1) is 0 Å². The maximum absolute atomic E-state index is 11.0. The molecule has 1 aromatic carbocycles. The first-order valence-corrected chi connectivity index (χ1v) is 4.85. The Morgan fingerprint density at radius 3 is 3.06 bits per heavy atom. The van der Waals surface area contributed by atoms with Gasteiger partial charge < -0.3 is 9.15 Å². The highest BCUT2D eigenvalue weighted by Gasteiger charge is 2.12. The quantitative estimate of drug-likeness (QED) is 0.350. The third-order valence-corrected chi connectivity index (χ3v) is 2.36. The van der Waals surface area contributed by atoms with Crippen molar-refractivity contribution in [1.29, 1.82) is 0 Å². The van der Waals surface area contributed by atoms with Gasteiger partial charge in [-0.1, -0.05) is 5.11 Å². The molecule has 0 unspecified atom stereocenters. The van der Waals surface area contributed by atoms with Gasteiger partial charge in [0.2, 0.25) is 0 Å². The van der Waals surface area contributed by atoms with E-state index in [1.807, 2.05) is 0 Å². The first-order chi connectivity index (χ1) is 8.30. The molecular formula is C11H9N3O3. The predicted octanol–water partition coefficient (Wildman–Crippen LogP) is 3.06. The van der Waals surface area contributed by atoms with Crippen molar-refractivity contribution < 1.29 is 13.9 Å². The number of carbonyl (C=O) groups excluding carboxylic acids is 1. The van der Waals surface area contributed by atoms with Crippen LogP contribution in [-0.4, -0.2) is 13.4 Å². The largest absolute Gasteiger partial charge is 0.496 e. The van der Waals surface area contributed by atoms with E-state index in [4.69, 9.17) is 14.7 Å². The van der Waals surface area contributed by atoms with Crippen LogP contribution in [0.1, 0.15) is 16.1 Å². The summed E-state index contributed by atoms with van der Waals surface area (Å²) in [7, 11) is 1.48. The molecular weight excluding hydrogens is 222 g/mol. The maximum Gasteiger partial charge on any atom is 0.157 e. The summed E-state index contributed by atoms with van der Waals surface area (Å²) in [6, 6.07) is 5.21. The maximum atomic E-state index is 11.0. The first-order valence-electron chi connectivity index (χ1n) is 4.85. The van der Waals surface area contributed by atoms with E-state index in [0.29, 0.717) is 28.9 Å². The summed E-state index contributed by atoms with van der Waals surface area (Å²) < 4.78 is 10.5. The van der Waals surface area contributed by atoms with E-state index in [-0.39, 0.29) is 6.54 Å². The van der Waals surface area contributed by atoms with Crippen molar-refractivity contribution in [2.24, 2.45) is 5.11 Å². The summed E-state index contributed by atoms with van der Waals surface area (Å²) in [5, 5.41) is 4.18. The first kappa shape index (κ1) is 11.0. The summed E-state index contributed by atoms with van der Waals surface area (Å²) in [4.78, 5) is 13.6. The summed E-state index contributed by atoms with van der Waals surface area (Å²) in [6.07, 6.45) is 0.683. The van der Waals surface area contributed by atoms with E-state index >= 15 is 0 Å². The van der Waals surface area contributed by atoms with Gasteiger partial charge in [0.25, 0.3) is 0 Å². The van der Waals surface area contributed by atoms with E-state index in [9.17, 15) is 4.79 Å². The number of azide groups is 1. The average molecular weight is 231 g/mol. The van der Waals surface area contributed by atoms with Crippen molar-refractivity contribution in [1.82, 2.24) is 0 Å². The zero-order chi connectivity index (χ0) is 12.3. The van der Waals surface area contributed by atoms with E-state index in [1.54, 1.807) is 18.2 Å². The van der Waals surface area contributed by atoms with Crippen molar-refractivity contribution in [3.05, 3.63) is 40.0 Å². The zero-order valence-electron chi connectivity index (χ0n) is 9.08. The van der Waals surface area contributed by atoms with Crippen LogP contribution in [0.3, 0.4) is 0 Å². The van der Waals surface area contributed by atoms with Crippen LogP contribution < -0.4 is 4.74 Å². The molecule has 0 N–H and O–H groups in total. The molecule has 0 atom stereocenters. The number of methoxy groups -OCH3 is 1. The normalized spacial score (nSPS) is 9.94. The Hall–Kier alpha value is -2.46. The molecule has 0 radical (unpaired) electrons. The molecule has 0 saturated carbocycles. The summed E-state index contributed by atoms with van der Waals surface area (Å²) in [6.45, 7) is 0.117. The number of nitrogens with zero attached hydrogens (tertiary/aromatic N) is 3. The van der Waals surface area contributed by atoms with Crippen LogP contribution in [0.25, 0.3) is 21.4 Å². The number of benzene rings is 1. The number of ether oxygens (including phenoxy) is 1. The zero-order valence-corrected chi connectivity index (χ0v) is 9.08. The van der Waals surface area contributed by atoms with Crippen LogP contribution >= 0.6 is 0 Å². The van der Waals surface area contributed by atoms with Gasteiger partial charge in [0.15, 0.2) is 6.29 Å². The van der Waals surface area contributed by atoms with Gasteiger partial charge in [-0.15, -0.1) is 0 Å². The van der Waals surface area contributed by atoms with Gasteiger partial charge in [0.05, 0.1) is 19.2 Å². The van der Waals surface area contributed by atoms with Gasteiger partial charge in [-0.05, 0) is 23.7 Å². The van der Waals surface area contributed by atoms with Gasteiger partial charge in [0.1, 0.15) is 17.1 Å². The van der Waals surface area contributed by atoms with E-state index in [1.165, 1.54) is 7.11 Å². The molecule has 1 heterocycles. The summed E-state index contributed by atoms with van der Waals surface area (Å²) in [5.41, 5.74) is 9.03. The molecule has 0 aliphatic heterocycles. The van der Waals surface area contributed by atoms with Crippen LogP contribution in [0.4, 0.5) is 0 Å². The number of rotatable bonds is 4. The Morgan fingerprint density at radius 2 is 2.41 bits per heavy atom. The van der Waals surface area contributed by atoms with Crippen molar-refractivity contribution in [3.63, 3.8) is 0 Å². The summed E-state index contributed by atoms with van der Waals surface area (Å²) in [5.74, 6) is 0.964. The van der Waals surface area contributed by atoms with E-state index in [2.05, 4.69) is 10.0 Å². The molecule has 0 aliphatic carbocycles. The topological polar surface area (TPSA) is 88.2 Å². The fourth-order valence-corrected chi connectivity index (χ4v) is 1.63. The second kappa shape index (κ2) is 4.59. The molecule has 0 fully saturated rings. The second-order valence-corrected chi connectivity index (χ2v) is 3.32. The minimum atomic E-state index is 0.117. The third kappa shape index (κ3) is 1.93. The van der Waals surface area contributed by atoms with Crippen molar-refractivity contribution in [2.75, 3.05) is 7.11 Å². The Bertz CT molecular complexity index is 612. The number of hydrogen-bond acceptors (Lipinski definition) is 4. The Labute approximate surface area is 96.4 Å². The monoisotopic (exact) mass is 231 g/mol. The van der Waals surface area contributed by atoms with Crippen LogP contribution in [0.5, 0.6) is 5.75 Å². The highest BCUT2D eigenvalue weighted by Crippen LogP contribution is 2.29. The Balaban J connectivity index is 2.59. The van der Waals surface area contributed by atoms with E-state index < -0.39 is 0 Å². The van der Waals surface area contributed by atoms with Gasteiger partial charge in [-0.3, -0.25) is 4.79 Å². The van der Waals surface area contributed by atoms with E-state index in [0.717, 1.165) is 5.39 Å². The molecule has 2 rings (SSSR count). The third-order valence-electron chi connectivity index (χ3n) is 2.36. The molecule has 6 nitrogen and oxygen atoms in total. The molecule has 1 aromatic heterocycles.